The molecular formula is C14H30N2. The van der Waals surface area contributed by atoms with Crippen LogP contribution in [0.25, 0.3) is 0 Å². The van der Waals surface area contributed by atoms with Gasteiger partial charge in [0.25, 0.3) is 0 Å². The summed E-state index contributed by atoms with van der Waals surface area (Å²) in [5.41, 5.74) is 0. The van der Waals surface area contributed by atoms with Gasteiger partial charge in [-0.05, 0) is 38.9 Å². The van der Waals surface area contributed by atoms with Crippen LogP contribution in [-0.2, 0) is 0 Å². The average molecular weight is 226 g/mol. The van der Waals surface area contributed by atoms with E-state index in [1.54, 1.807) is 0 Å². The van der Waals surface area contributed by atoms with Crippen LogP contribution in [0.4, 0.5) is 0 Å². The molecule has 1 atom stereocenters. The maximum Gasteiger partial charge on any atom is 0.0109 e. The van der Waals surface area contributed by atoms with Gasteiger partial charge in [-0.1, -0.05) is 33.1 Å². The maximum absolute atomic E-state index is 2.67. The molecule has 16 heavy (non-hydrogen) atoms. The first-order valence-electron chi connectivity index (χ1n) is 7.13. The van der Waals surface area contributed by atoms with Crippen LogP contribution in [0.5, 0.6) is 0 Å². The van der Waals surface area contributed by atoms with Crippen LogP contribution in [0.3, 0.4) is 0 Å². The summed E-state index contributed by atoms with van der Waals surface area (Å²) in [7, 11) is 2.24. The van der Waals surface area contributed by atoms with Crippen molar-refractivity contribution >= 4 is 0 Å². The van der Waals surface area contributed by atoms with Crippen molar-refractivity contribution in [3.8, 4) is 0 Å². The number of nitrogens with zero attached hydrogens (tertiary/aromatic N) is 2. The van der Waals surface area contributed by atoms with E-state index >= 15 is 0 Å². The molecule has 1 aliphatic rings. The van der Waals surface area contributed by atoms with E-state index in [1.165, 1.54) is 64.8 Å². The first-order chi connectivity index (χ1) is 7.72. The maximum atomic E-state index is 2.67. The van der Waals surface area contributed by atoms with Crippen LogP contribution in [0.1, 0.15) is 46.0 Å². The van der Waals surface area contributed by atoms with Gasteiger partial charge in [-0.15, -0.1) is 0 Å². The quantitative estimate of drug-likeness (QED) is 0.643. The molecule has 0 bridgehead atoms. The first-order valence-corrected chi connectivity index (χ1v) is 7.13. The highest BCUT2D eigenvalue weighted by Gasteiger charge is 2.14. The van der Waals surface area contributed by atoms with Gasteiger partial charge in [0.15, 0.2) is 0 Å². The third-order valence-electron chi connectivity index (χ3n) is 3.68. The molecule has 0 spiro atoms. The first kappa shape index (κ1) is 14.0. The Kier molecular flexibility index (Phi) is 7.06. The fourth-order valence-corrected chi connectivity index (χ4v) is 2.56. The lowest BCUT2D eigenvalue weighted by molar-refractivity contribution is 0.235. The monoisotopic (exact) mass is 226 g/mol. The number of hydrogen-bond donors (Lipinski definition) is 0. The van der Waals surface area contributed by atoms with Crippen molar-refractivity contribution < 1.29 is 0 Å². The van der Waals surface area contributed by atoms with Gasteiger partial charge < -0.3 is 9.80 Å². The van der Waals surface area contributed by atoms with Crippen molar-refractivity contribution in [2.45, 2.75) is 46.0 Å². The van der Waals surface area contributed by atoms with E-state index in [1.807, 2.05) is 0 Å². The third kappa shape index (κ3) is 5.86. The Labute approximate surface area is 102 Å². The Bertz CT molecular complexity index is 170. The van der Waals surface area contributed by atoms with Crippen molar-refractivity contribution in [2.75, 3.05) is 39.8 Å². The smallest absolute Gasteiger partial charge is 0.0109 e. The number of rotatable bonds is 6. The Hall–Kier alpha value is -0.0800. The van der Waals surface area contributed by atoms with Crippen molar-refractivity contribution in [3.63, 3.8) is 0 Å². The standard InChI is InChI=1S/C14H30N2/c1-4-5-6-8-14(2)13-16-10-7-9-15(3)11-12-16/h14H,4-13H2,1-3H3. The molecule has 0 saturated carbocycles. The lowest BCUT2D eigenvalue weighted by Crippen LogP contribution is -2.32. The lowest BCUT2D eigenvalue weighted by atomic mass is 10.0. The predicted molar refractivity (Wildman–Crippen MR) is 71.9 cm³/mol. The molecule has 0 amide bonds. The van der Waals surface area contributed by atoms with Crippen LogP contribution in [0.15, 0.2) is 0 Å². The molecule has 2 heteroatoms. The fourth-order valence-electron chi connectivity index (χ4n) is 2.56. The van der Waals surface area contributed by atoms with Crippen molar-refractivity contribution in [1.29, 1.82) is 0 Å². The minimum absolute atomic E-state index is 0.884. The summed E-state index contributed by atoms with van der Waals surface area (Å²) in [4.78, 5) is 5.13. The second-order valence-corrected chi connectivity index (χ2v) is 5.56. The van der Waals surface area contributed by atoms with E-state index in [0.29, 0.717) is 0 Å². The highest BCUT2D eigenvalue weighted by Crippen LogP contribution is 2.12. The van der Waals surface area contributed by atoms with Gasteiger partial charge in [0.05, 0.1) is 0 Å². The molecule has 0 aromatic rings. The molecule has 1 heterocycles. The highest BCUT2D eigenvalue weighted by molar-refractivity contribution is 4.69. The normalized spacial score (nSPS) is 21.9. The van der Waals surface area contributed by atoms with Gasteiger partial charge in [-0.25, -0.2) is 0 Å². The lowest BCUT2D eigenvalue weighted by Gasteiger charge is -2.24. The largest absolute Gasteiger partial charge is 0.305 e. The fraction of sp³-hybridized carbons (Fsp3) is 1.00. The summed E-state index contributed by atoms with van der Waals surface area (Å²) < 4.78 is 0. The average Bonchev–Trinajstić information content (AvgIpc) is 2.44. The van der Waals surface area contributed by atoms with Gasteiger partial charge in [0.1, 0.15) is 0 Å². The van der Waals surface area contributed by atoms with Crippen LogP contribution in [0.2, 0.25) is 0 Å². The molecule has 0 N–H and O–H groups in total. The summed E-state index contributed by atoms with van der Waals surface area (Å²) in [6.45, 7) is 11.1. The van der Waals surface area contributed by atoms with Gasteiger partial charge in [-0.2, -0.15) is 0 Å². The van der Waals surface area contributed by atoms with Crippen molar-refractivity contribution in [3.05, 3.63) is 0 Å². The minimum atomic E-state index is 0.884. The molecule has 1 rings (SSSR count). The molecule has 0 radical (unpaired) electrons. The van der Waals surface area contributed by atoms with Gasteiger partial charge >= 0.3 is 0 Å². The SMILES string of the molecule is CCCCCC(C)CN1CCCN(C)CC1. The molecule has 0 aromatic heterocycles. The highest BCUT2D eigenvalue weighted by atomic mass is 15.2. The van der Waals surface area contributed by atoms with Crippen molar-refractivity contribution in [2.24, 2.45) is 5.92 Å². The Morgan fingerprint density at radius 1 is 1.06 bits per heavy atom. The molecule has 1 unspecified atom stereocenters. The summed E-state index contributed by atoms with van der Waals surface area (Å²) in [6.07, 6.45) is 6.94. The topological polar surface area (TPSA) is 6.48 Å². The molecule has 0 aromatic carbocycles. The molecule has 1 aliphatic heterocycles. The van der Waals surface area contributed by atoms with Crippen LogP contribution < -0.4 is 0 Å². The summed E-state index contributed by atoms with van der Waals surface area (Å²) in [5, 5.41) is 0. The second kappa shape index (κ2) is 8.08. The third-order valence-corrected chi connectivity index (χ3v) is 3.68. The van der Waals surface area contributed by atoms with Crippen LogP contribution in [0, 0.1) is 5.92 Å². The zero-order valence-electron chi connectivity index (χ0n) is 11.5. The van der Waals surface area contributed by atoms with E-state index in [0.717, 1.165) is 5.92 Å². The number of unbranched alkanes of at least 4 members (excludes halogenated alkanes) is 2. The molecule has 96 valence electrons. The van der Waals surface area contributed by atoms with Crippen LogP contribution >= 0.6 is 0 Å². The van der Waals surface area contributed by atoms with E-state index in [4.69, 9.17) is 0 Å². The summed E-state index contributed by atoms with van der Waals surface area (Å²) >= 11 is 0. The zero-order chi connectivity index (χ0) is 11.8. The Morgan fingerprint density at radius 3 is 2.62 bits per heavy atom. The summed E-state index contributed by atoms with van der Waals surface area (Å²) in [6, 6.07) is 0. The molecule has 1 saturated heterocycles. The van der Waals surface area contributed by atoms with E-state index in [-0.39, 0.29) is 0 Å². The Morgan fingerprint density at radius 2 is 1.88 bits per heavy atom. The predicted octanol–water partition coefficient (Wildman–Crippen LogP) is 2.84. The van der Waals surface area contributed by atoms with E-state index in [2.05, 4.69) is 30.7 Å². The van der Waals surface area contributed by atoms with Gasteiger partial charge in [0, 0.05) is 19.6 Å². The molecule has 2 nitrogen and oxygen atoms in total. The van der Waals surface area contributed by atoms with Crippen LogP contribution in [-0.4, -0.2) is 49.6 Å². The zero-order valence-corrected chi connectivity index (χ0v) is 11.5. The Balaban J connectivity index is 2.14. The van der Waals surface area contributed by atoms with E-state index in [9.17, 15) is 0 Å². The van der Waals surface area contributed by atoms with Gasteiger partial charge in [0.2, 0.25) is 0 Å². The molecule has 1 fully saturated rings. The number of likely N-dealkylation sites (N-methyl/N-ethyl adjacent to an activating group) is 1. The van der Waals surface area contributed by atoms with E-state index < -0.39 is 0 Å². The summed E-state index contributed by atoms with van der Waals surface area (Å²) in [5.74, 6) is 0.884. The number of hydrogen-bond acceptors (Lipinski definition) is 2. The minimum Gasteiger partial charge on any atom is -0.305 e. The van der Waals surface area contributed by atoms with Gasteiger partial charge in [-0.3, -0.25) is 0 Å². The van der Waals surface area contributed by atoms with Crippen molar-refractivity contribution in [1.82, 2.24) is 9.80 Å². The molecule has 0 aliphatic carbocycles. The second-order valence-electron chi connectivity index (χ2n) is 5.56. The molecular weight excluding hydrogens is 196 g/mol.